The van der Waals surface area contributed by atoms with Gasteiger partial charge in [0.1, 0.15) is 0 Å². The van der Waals surface area contributed by atoms with Gasteiger partial charge < -0.3 is 9.77 Å². The summed E-state index contributed by atoms with van der Waals surface area (Å²) in [5.74, 6) is 0. The topological polar surface area (TPSA) is 54.6 Å². The molecule has 1 aromatic heterocycles. The van der Waals surface area contributed by atoms with Crippen LogP contribution < -0.4 is 10.9 Å². The first-order valence-corrected chi connectivity index (χ1v) is 5.17. The van der Waals surface area contributed by atoms with E-state index in [0.717, 1.165) is 11.1 Å². The first-order valence-electron chi connectivity index (χ1n) is 5.17. The summed E-state index contributed by atoms with van der Waals surface area (Å²) >= 11 is 0. The molecule has 0 saturated carbocycles. The van der Waals surface area contributed by atoms with Gasteiger partial charge in [-0.25, -0.2) is 0 Å². The minimum Gasteiger partial charge on any atom is -0.410 e. The van der Waals surface area contributed by atoms with Crippen LogP contribution in [0.2, 0.25) is 0 Å². The van der Waals surface area contributed by atoms with Gasteiger partial charge >= 0.3 is 0 Å². The van der Waals surface area contributed by atoms with Crippen molar-refractivity contribution < 1.29 is 5.21 Å². The summed E-state index contributed by atoms with van der Waals surface area (Å²) in [7, 11) is 1.63. The number of aryl methyl sites for hydroxylation is 1. The number of hydrogen-bond donors (Lipinski definition) is 1. The van der Waals surface area contributed by atoms with Crippen LogP contribution in [0.25, 0.3) is 11.1 Å². The molecule has 0 radical (unpaired) electrons. The molecule has 0 amide bonds. The van der Waals surface area contributed by atoms with Gasteiger partial charge in [0.05, 0.1) is 0 Å². The maximum absolute atomic E-state index is 11.7. The van der Waals surface area contributed by atoms with Gasteiger partial charge in [0, 0.05) is 13.2 Å². The van der Waals surface area contributed by atoms with Crippen molar-refractivity contribution in [3.05, 3.63) is 64.4 Å². The predicted octanol–water partition coefficient (Wildman–Crippen LogP) is 1.34. The molecule has 2 aromatic rings. The molecule has 0 bridgehead atoms. The van der Waals surface area contributed by atoms with Crippen LogP contribution in [-0.2, 0) is 7.05 Å². The molecule has 86 valence electrons. The summed E-state index contributed by atoms with van der Waals surface area (Å²) in [6, 6.07) is 13.0. The van der Waals surface area contributed by atoms with Gasteiger partial charge in [0.2, 0.25) is 0 Å². The van der Waals surface area contributed by atoms with E-state index in [-0.39, 0.29) is 10.9 Å². The molecule has 1 aromatic carbocycles. The monoisotopic (exact) mass is 228 g/mol. The summed E-state index contributed by atoms with van der Waals surface area (Å²) in [4.78, 5) is 11.7. The van der Waals surface area contributed by atoms with E-state index in [2.05, 4.69) is 5.16 Å². The highest BCUT2D eigenvalue weighted by Crippen LogP contribution is 2.15. The second kappa shape index (κ2) is 4.65. The lowest BCUT2D eigenvalue weighted by Gasteiger charge is -1.98. The van der Waals surface area contributed by atoms with Crippen LogP contribution in [0, 0.1) is 0 Å². The Morgan fingerprint density at radius 3 is 2.41 bits per heavy atom. The Labute approximate surface area is 98.1 Å². The van der Waals surface area contributed by atoms with Crippen LogP contribution in [-0.4, -0.2) is 9.77 Å². The SMILES string of the molecule is Cn1cc(-c2ccccc2)cc/c(=N/O)c1=O. The van der Waals surface area contributed by atoms with Crippen molar-refractivity contribution >= 4 is 0 Å². The van der Waals surface area contributed by atoms with E-state index in [0.29, 0.717) is 0 Å². The van der Waals surface area contributed by atoms with E-state index in [1.165, 1.54) is 10.6 Å². The molecule has 0 fully saturated rings. The van der Waals surface area contributed by atoms with Gasteiger partial charge in [-0.3, -0.25) is 4.79 Å². The summed E-state index contributed by atoms with van der Waals surface area (Å²) in [5, 5.41) is 11.7. The maximum Gasteiger partial charge on any atom is 0.279 e. The Kier molecular flexibility index (Phi) is 3.05. The minimum atomic E-state index is -0.338. The fraction of sp³-hybridized carbons (Fsp3) is 0.0769. The molecule has 0 saturated heterocycles. The lowest BCUT2D eigenvalue weighted by molar-refractivity contribution is 0.300. The minimum absolute atomic E-state index is 0.0229. The van der Waals surface area contributed by atoms with Crippen LogP contribution >= 0.6 is 0 Å². The largest absolute Gasteiger partial charge is 0.410 e. The molecule has 2 rings (SSSR count). The van der Waals surface area contributed by atoms with Gasteiger partial charge in [-0.15, -0.1) is 0 Å². The number of rotatable bonds is 1. The number of aromatic nitrogens is 1. The first kappa shape index (κ1) is 11.1. The van der Waals surface area contributed by atoms with Crippen LogP contribution in [0.15, 0.2) is 58.6 Å². The fourth-order valence-corrected chi connectivity index (χ4v) is 1.61. The molecule has 4 nitrogen and oxygen atoms in total. The standard InChI is InChI=1S/C13H12N2O2/c1-15-9-11(10-5-3-2-4-6-10)7-8-12(14-17)13(15)16/h2-9,17H,1H3/b14-12-. The first-order chi connectivity index (χ1) is 8.22. The molecule has 0 spiro atoms. The third-order valence-corrected chi connectivity index (χ3v) is 2.51. The predicted molar refractivity (Wildman–Crippen MR) is 64.5 cm³/mol. The lowest BCUT2D eigenvalue weighted by atomic mass is 10.1. The number of hydrogen-bond acceptors (Lipinski definition) is 3. The van der Waals surface area contributed by atoms with E-state index in [1.54, 1.807) is 19.3 Å². The molecule has 0 aliphatic rings. The van der Waals surface area contributed by atoms with E-state index in [1.807, 2.05) is 30.3 Å². The normalized spacial score (nSPS) is 11.5. The Bertz CT molecular complexity index is 646. The zero-order valence-electron chi connectivity index (χ0n) is 9.37. The number of nitrogens with zero attached hydrogens (tertiary/aromatic N) is 2. The van der Waals surface area contributed by atoms with E-state index < -0.39 is 0 Å². The van der Waals surface area contributed by atoms with Gasteiger partial charge in [-0.05, 0) is 17.2 Å². The smallest absolute Gasteiger partial charge is 0.279 e. The molecule has 4 heteroatoms. The molecule has 0 unspecified atom stereocenters. The fourth-order valence-electron chi connectivity index (χ4n) is 1.61. The van der Waals surface area contributed by atoms with Crippen molar-refractivity contribution in [2.75, 3.05) is 0 Å². The van der Waals surface area contributed by atoms with Crippen molar-refractivity contribution in [1.29, 1.82) is 0 Å². The highest BCUT2D eigenvalue weighted by Gasteiger charge is 1.98. The van der Waals surface area contributed by atoms with Crippen LogP contribution in [0.1, 0.15) is 0 Å². The van der Waals surface area contributed by atoms with Crippen LogP contribution in [0.3, 0.4) is 0 Å². The summed E-state index contributed by atoms with van der Waals surface area (Å²) in [6.45, 7) is 0. The molecule has 0 aliphatic carbocycles. The zero-order valence-corrected chi connectivity index (χ0v) is 9.37. The van der Waals surface area contributed by atoms with Crippen molar-refractivity contribution in [1.82, 2.24) is 4.57 Å². The highest BCUT2D eigenvalue weighted by atomic mass is 16.4. The van der Waals surface area contributed by atoms with E-state index in [9.17, 15) is 4.79 Å². The highest BCUT2D eigenvalue weighted by molar-refractivity contribution is 5.61. The summed E-state index contributed by atoms with van der Waals surface area (Å²) in [6.07, 6.45) is 1.71. The van der Waals surface area contributed by atoms with Gasteiger partial charge in [-0.2, -0.15) is 0 Å². The molecule has 17 heavy (non-hydrogen) atoms. The molecule has 0 aliphatic heterocycles. The average Bonchev–Trinajstić information content (AvgIpc) is 2.51. The summed E-state index contributed by atoms with van der Waals surface area (Å²) < 4.78 is 1.40. The quantitative estimate of drug-likeness (QED) is 0.591. The van der Waals surface area contributed by atoms with Crippen molar-refractivity contribution in [3.63, 3.8) is 0 Å². The molecule has 1 heterocycles. The molecular formula is C13H12N2O2. The number of benzene rings is 1. The Hall–Kier alpha value is -2.36. The molecule has 1 N–H and O–H groups in total. The van der Waals surface area contributed by atoms with Crippen molar-refractivity contribution in [2.24, 2.45) is 12.2 Å². The van der Waals surface area contributed by atoms with Crippen LogP contribution in [0.4, 0.5) is 0 Å². The maximum atomic E-state index is 11.7. The Morgan fingerprint density at radius 1 is 1.06 bits per heavy atom. The second-order valence-electron chi connectivity index (χ2n) is 3.69. The van der Waals surface area contributed by atoms with Crippen molar-refractivity contribution in [3.8, 4) is 11.1 Å². The Morgan fingerprint density at radius 2 is 1.76 bits per heavy atom. The molecule has 0 atom stereocenters. The molecular weight excluding hydrogens is 216 g/mol. The van der Waals surface area contributed by atoms with Gasteiger partial charge in [0.15, 0.2) is 5.36 Å². The zero-order chi connectivity index (χ0) is 12.3. The van der Waals surface area contributed by atoms with Gasteiger partial charge in [-0.1, -0.05) is 41.6 Å². The Balaban J connectivity index is 2.73. The summed E-state index contributed by atoms with van der Waals surface area (Å²) in [5.41, 5.74) is 1.55. The van der Waals surface area contributed by atoms with Crippen LogP contribution in [0.5, 0.6) is 0 Å². The lowest BCUT2D eigenvalue weighted by Crippen LogP contribution is -2.29. The second-order valence-corrected chi connectivity index (χ2v) is 3.69. The van der Waals surface area contributed by atoms with Gasteiger partial charge in [0.25, 0.3) is 5.56 Å². The van der Waals surface area contributed by atoms with E-state index in [4.69, 9.17) is 5.21 Å². The third kappa shape index (κ3) is 2.25. The third-order valence-electron chi connectivity index (χ3n) is 2.51. The van der Waals surface area contributed by atoms with Crippen molar-refractivity contribution in [2.45, 2.75) is 0 Å². The van der Waals surface area contributed by atoms with E-state index >= 15 is 0 Å². The average molecular weight is 228 g/mol.